The van der Waals surface area contributed by atoms with Gasteiger partial charge in [0.2, 0.25) is 0 Å². The van der Waals surface area contributed by atoms with Gasteiger partial charge in [-0.15, -0.1) is 0 Å². The highest BCUT2D eigenvalue weighted by Gasteiger charge is 1.96. The molecule has 0 aliphatic heterocycles. The summed E-state index contributed by atoms with van der Waals surface area (Å²) in [6, 6.07) is 10.4. The Labute approximate surface area is 72.0 Å². The van der Waals surface area contributed by atoms with Crippen molar-refractivity contribution in [3.8, 4) is 5.75 Å². The maximum absolute atomic E-state index is 5.35. The van der Waals surface area contributed by atoms with Gasteiger partial charge < -0.3 is 4.74 Å². The molecule has 1 aromatic rings. The predicted octanol–water partition coefficient (Wildman–Crippen LogP) is 2.25. The summed E-state index contributed by atoms with van der Waals surface area (Å²) in [6.45, 7) is 1.90. The summed E-state index contributed by atoms with van der Waals surface area (Å²) in [4.78, 5) is 0. The average molecular weight is 165 g/mol. The van der Waals surface area contributed by atoms with Crippen LogP contribution in [0.4, 0.5) is 0 Å². The SMILES string of the molecule is CC(C=S)Oc1[c]cccc1. The molecule has 0 aliphatic carbocycles. The summed E-state index contributed by atoms with van der Waals surface area (Å²) >= 11 is 4.71. The number of hydrogen-bond acceptors (Lipinski definition) is 2. The average Bonchev–Trinajstić information content (AvgIpc) is 2.06. The van der Waals surface area contributed by atoms with Gasteiger partial charge in [-0.05, 0) is 13.0 Å². The Hall–Kier alpha value is -0.890. The van der Waals surface area contributed by atoms with E-state index in [2.05, 4.69) is 6.07 Å². The molecule has 2 heteroatoms. The van der Waals surface area contributed by atoms with Crippen LogP contribution in [0.1, 0.15) is 6.92 Å². The number of hydrogen-bond donors (Lipinski definition) is 0. The molecule has 1 unspecified atom stereocenters. The van der Waals surface area contributed by atoms with Crippen LogP contribution < -0.4 is 4.74 Å². The summed E-state index contributed by atoms with van der Waals surface area (Å²) < 4.78 is 5.35. The molecular formula is C9H9OS. The van der Waals surface area contributed by atoms with Crippen LogP contribution in [0, 0.1) is 6.07 Å². The van der Waals surface area contributed by atoms with Crippen molar-refractivity contribution in [1.82, 2.24) is 0 Å². The van der Waals surface area contributed by atoms with Crippen molar-refractivity contribution in [3.05, 3.63) is 30.3 Å². The Morgan fingerprint density at radius 3 is 3.00 bits per heavy atom. The molecule has 57 valence electrons. The largest absolute Gasteiger partial charge is 0.485 e. The van der Waals surface area contributed by atoms with Crippen molar-refractivity contribution in [1.29, 1.82) is 0 Å². The van der Waals surface area contributed by atoms with Crippen LogP contribution in [-0.2, 0) is 0 Å². The Balaban J connectivity index is 2.57. The van der Waals surface area contributed by atoms with Crippen LogP contribution in [0.5, 0.6) is 5.75 Å². The van der Waals surface area contributed by atoms with E-state index in [4.69, 9.17) is 17.0 Å². The fourth-order valence-corrected chi connectivity index (χ4v) is 0.734. The molecule has 0 fully saturated rings. The molecule has 1 radical (unpaired) electrons. The van der Waals surface area contributed by atoms with Gasteiger partial charge in [0.15, 0.2) is 0 Å². The van der Waals surface area contributed by atoms with Crippen molar-refractivity contribution in [2.45, 2.75) is 13.0 Å². The van der Waals surface area contributed by atoms with E-state index in [1.54, 1.807) is 5.37 Å². The third kappa shape index (κ3) is 2.68. The highest BCUT2D eigenvalue weighted by atomic mass is 32.1. The lowest BCUT2D eigenvalue weighted by atomic mass is 10.3. The minimum Gasteiger partial charge on any atom is -0.485 e. The van der Waals surface area contributed by atoms with E-state index in [-0.39, 0.29) is 6.10 Å². The molecule has 0 amide bonds. The Kier molecular flexibility index (Phi) is 3.05. The first kappa shape index (κ1) is 8.21. The van der Waals surface area contributed by atoms with E-state index in [9.17, 15) is 0 Å². The van der Waals surface area contributed by atoms with Crippen LogP contribution in [0.15, 0.2) is 24.3 Å². The number of para-hydroxylation sites is 1. The molecule has 1 aromatic carbocycles. The van der Waals surface area contributed by atoms with Crippen molar-refractivity contribution < 1.29 is 4.74 Å². The summed E-state index contributed by atoms with van der Waals surface area (Å²) in [5, 5.41) is 1.58. The molecule has 1 nitrogen and oxygen atoms in total. The van der Waals surface area contributed by atoms with E-state index >= 15 is 0 Å². The number of rotatable bonds is 3. The molecule has 1 atom stereocenters. The number of ether oxygens (including phenoxy) is 1. The molecular weight excluding hydrogens is 156 g/mol. The van der Waals surface area contributed by atoms with Crippen molar-refractivity contribution in [2.24, 2.45) is 0 Å². The van der Waals surface area contributed by atoms with Crippen LogP contribution in [-0.4, -0.2) is 11.5 Å². The third-order valence-corrected chi connectivity index (χ3v) is 1.57. The van der Waals surface area contributed by atoms with Crippen LogP contribution >= 0.6 is 12.2 Å². The topological polar surface area (TPSA) is 9.23 Å². The zero-order chi connectivity index (χ0) is 8.10. The molecule has 0 saturated carbocycles. The van der Waals surface area contributed by atoms with Crippen molar-refractivity contribution in [2.75, 3.05) is 0 Å². The van der Waals surface area contributed by atoms with Gasteiger partial charge in [-0.25, -0.2) is 0 Å². The molecule has 0 aromatic heterocycles. The van der Waals surface area contributed by atoms with E-state index in [1.165, 1.54) is 0 Å². The second-order valence-corrected chi connectivity index (χ2v) is 2.46. The molecule has 0 heterocycles. The minimum atomic E-state index is -0.0244. The second-order valence-electron chi connectivity index (χ2n) is 2.19. The highest BCUT2D eigenvalue weighted by molar-refractivity contribution is 7.79. The highest BCUT2D eigenvalue weighted by Crippen LogP contribution is 2.08. The van der Waals surface area contributed by atoms with Gasteiger partial charge >= 0.3 is 0 Å². The van der Waals surface area contributed by atoms with Gasteiger partial charge in [-0.3, -0.25) is 0 Å². The zero-order valence-electron chi connectivity index (χ0n) is 6.28. The van der Waals surface area contributed by atoms with Gasteiger partial charge in [0.05, 0.1) is 0 Å². The first-order valence-electron chi connectivity index (χ1n) is 3.41. The lowest BCUT2D eigenvalue weighted by Gasteiger charge is -2.07. The van der Waals surface area contributed by atoms with E-state index in [0.29, 0.717) is 0 Å². The van der Waals surface area contributed by atoms with Crippen molar-refractivity contribution in [3.63, 3.8) is 0 Å². The van der Waals surface area contributed by atoms with Crippen LogP contribution in [0.2, 0.25) is 0 Å². The molecule has 11 heavy (non-hydrogen) atoms. The van der Waals surface area contributed by atoms with Crippen LogP contribution in [0.3, 0.4) is 0 Å². The monoisotopic (exact) mass is 165 g/mol. The summed E-state index contributed by atoms with van der Waals surface area (Å²) in [7, 11) is 0. The fraction of sp³-hybridized carbons (Fsp3) is 0.222. The quantitative estimate of drug-likeness (QED) is 0.635. The smallest absolute Gasteiger partial charge is 0.128 e. The van der Waals surface area contributed by atoms with E-state index < -0.39 is 0 Å². The number of benzene rings is 1. The molecule has 1 rings (SSSR count). The van der Waals surface area contributed by atoms with Gasteiger partial charge in [-0.1, -0.05) is 30.4 Å². The summed E-state index contributed by atoms with van der Waals surface area (Å²) in [5.74, 6) is 0.737. The standard InChI is InChI=1S/C9H9OS/c1-8(7-11)10-9-5-3-2-4-6-9/h2-5,7-8H,1H3. The first-order chi connectivity index (χ1) is 5.33. The molecule has 0 spiro atoms. The first-order valence-corrected chi connectivity index (χ1v) is 3.88. The van der Waals surface area contributed by atoms with Crippen LogP contribution in [0.25, 0.3) is 0 Å². The maximum Gasteiger partial charge on any atom is 0.128 e. The van der Waals surface area contributed by atoms with Gasteiger partial charge in [0, 0.05) is 11.4 Å². The van der Waals surface area contributed by atoms with E-state index in [0.717, 1.165) is 5.75 Å². The maximum atomic E-state index is 5.35. The molecule has 0 bridgehead atoms. The zero-order valence-corrected chi connectivity index (χ0v) is 7.10. The normalized spacial score (nSPS) is 12.1. The summed E-state index contributed by atoms with van der Waals surface area (Å²) in [6.07, 6.45) is -0.0244. The third-order valence-electron chi connectivity index (χ3n) is 1.19. The molecule has 0 saturated heterocycles. The van der Waals surface area contributed by atoms with Crippen molar-refractivity contribution >= 4 is 17.6 Å². The van der Waals surface area contributed by atoms with Gasteiger partial charge in [0.1, 0.15) is 11.9 Å². The lowest BCUT2D eigenvalue weighted by Crippen LogP contribution is -2.11. The summed E-state index contributed by atoms with van der Waals surface area (Å²) in [5.41, 5.74) is 0. The molecule has 0 aliphatic rings. The lowest BCUT2D eigenvalue weighted by molar-refractivity contribution is 0.293. The van der Waals surface area contributed by atoms with Gasteiger partial charge in [-0.2, -0.15) is 0 Å². The predicted molar refractivity (Wildman–Crippen MR) is 49.0 cm³/mol. The van der Waals surface area contributed by atoms with E-state index in [1.807, 2.05) is 31.2 Å². The molecule has 0 N–H and O–H groups in total. The fourth-order valence-electron chi connectivity index (χ4n) is 0.678. The minimum absolute atomic E-state index is 0.0244. The number of thiocarbonyl (C=S) groups is 1. The Morgan fingerprint density at radius 1 is 1.64 bits per heavy atom. The van der Waals surface area contributed by atoms with Gasteiger partial charge in [0.25, 0.3) is 0 Å². The second kappa shape index (κ2) is 4.09. The Bertz CT molecular complexity index is 220. The Morgan fingerprint density at radius 2 is 2.45 bits per heavy atom.